The molecule has 4 heterocycles. The summed E-state index contributed by atoms with van der Waals surface area (Å²) in [6.45, 7) is 9.75. The lowest BCUT2D eigenvalue weighted by atomic mass is 10.0. The molecule has 0 saturated carbocycles. The Balaban J connectivity index is 1.59. The summed E-state index contributed by atoms with van der Waals surface area (Å²) in [4.78, 5) is 37.7. The van der Waals surface area contributed by atoms with E-state index in [9.17, 15) is 18.4 Å². The highest BCUT2D eigenvalue weighted by molar-refractivity contribution is 7.14. The zero-order chi connectivity index (χ0) is 31.2. The van der Waals surface area contributed by atoms with Gasteiger partial charge in [-0.2, -0.15) is 0 Å². The Labute approximate surface area is 250 Å². The molecule has 2 aliphatic rings. The van der Waals surface area contributed by atoms with E-state index in [1.807, 2.05) is 39.6 Å². The molecule has 232 valence electrons. The number of likely N-dealkylation sites (N-methyl/N-ethyl adjacent to an activating group) is 1. The van der Waals surface area contributed by atoms with Crippen LogP contribution in [0.2, 0.25) is 0 Å². The molecule has 2 N–H and O–H groups in total. The summed E-state index contributed by atoms with van der Waals surface area (Å²) in [6, 6.07) is 1.81. The van der Waals surface area contributed by atoms with Crippen LogP contribution in [0.25, 0.3) is 11.3 Å². The first-order valence-electron chi connectivity index (χ1n) is 14.0. The van der Waals surface area contributed by atoms with Crippen LogP contribution in [0.3, 0.4) is 0 Å². The predicted molar refractivity (Wildman–Crippen MR) is 159 cm³/mol. The van der Waals surface area contributed by atoms with Crippen molar-refractivity contribution in [3.05, 3.63) is 56.8 Å². The Bertz CT molecular complexity index is 1540. The van der Waals surface area contributed by atoms with Gasteiger partial charge in [0.25, 0.3) is 12.3 Å². The highest BCUT2D eigenvalue weighted by atomic mass is 32.1. The fourth-order valence-electron chi connectivity index (χ4n) is 5.71. The zero-order valence-corrected chi connectivity index (χ0v) is 25.3. The van der Waals surface area contributed by atoms with Crippen LogP contribution >= 0.6 is 11.3 Å². The van der Waals surface area contributed by atoms with E-state index < -0.39 is 46.2 Å². The monoisotopic (exact) mass is 622 g/mol. The molecule has 5 rings (SSSR count). The number of aromatic nitrogens is 2. The van der Waals surface area contributed by atoms with Crippen molar-refractivity contribution in [2.45, 2.75) is 58.4 Å². The van der Waals surface area contributed by atoms with E-state index in [1.54, 1.807) is 10.3 Å². The number of carbonyl (C=O) groups excluding carboxylic acids is 1. The molecule has 2 aromatic heterocycles. The Morgan fingerprint density at radius 2 is 1.72 bits per heavy atom. The average molecular weight is 623 g/mol. The van der Waals surface area contributed by atoms with Gasteiger partial charge in [0.05, 0.1) is 34.7 Å². The summed E-state index contributed by atoms with van der Waals surface area (Å²) in [5.74, 6) is -3.02. The minimum atomic E-state index is -3.13. The van der Waals surface area contributed by atoms with Crippen molar-refractivity contribution >= 4 is 33.8 Å². The van der Waals surface area contributed by atoms with Gasteiger partial charge in [0.2, 0.25) is 5.56 Å². The van der Waals surface area contributed by atoms with E-state index in [0.717, 1.165) is 12.3 Å². The Kier molecular flexibility index (Phi) is 8.82. The van der Waals surface area contributed by atoms with Crippen molar-refractivity contribution in [3.63, 3.8) is 0 Å². The van der Waals surface area contributed by atoms with Crippen LogP contribution in [0.4, 0.5) is 34.1 Å². The molecule has 2 fully saturated rings. The Hall–Kier alpha value is -3.49. The minimum absolute atomic E-state index is 0.0159. The number of alkyl halides is 2. The molecule has 0 bridgehead atoms. The third-order valence-electron chi connectivity index (χ3n) is 8.01. The van der Waals surface area contributed by atoms with Crippen molar-refractivity contribution in [3.8, 4) is 11.3 Å². The predicted octanol–water partition coefficient (Wildman–Crippen LogP) is 5.11. The van der Waals surface area contributed by atoms with E-state index >= 15 is 8.78 Å². The lowest BCUT2D eigenvalue weighted by Gasteiger charge is -2.44. The summed E-state index contributed by atoms with van der Waals surface area (Å²) in [7, 11) is 1.96. The van der Waals surface area contributed by atoms with Crippen molar-refractivity contribution in [1.82, 2.24) is 14.9 Å². The number of piperazine rings is 1. The lowest BCUT2D eigenvalue weighted by Crippen LogP contribution is -2.55. The van der Waals surface area contributed by atoms with Crippen LogP contribution in [0, 0.1) is 11.6 Å². The van der Waals surface area contributed by atoms with Crippen LogP contribution in [0.15, 0.2) is 28.5 Å². The first kappa shape index (κ1) is 31.0. The number of thiazole rings is 1. The normalized spacial score (nSPS) is 23.2. The lowest BCUT2D eigenvalue weighted by molar-refractivity contribution is -0.00522. The minimum Gasteiger partial charge on any atom is -0.372 e. The third kappa shape index (κ3) is 6.27. The number of pyridine rings is 1. The SMILES string of the molecule is C[C@@H]1CN(c2nc(-c3c(F)cc(N4C[C@@H](C)N(C)[C@@H](C)C4)c(NC(=O)c4c[nH]c(=O)cc4C(F)F)c3F)cs2)C[C@H](C)O1. The molecule has 3 aromatic rings. The van der Waals surface area contributed by atoms with Gasteiger partial charge in [0.15, 0.2) is 10.9 Å². The van der Waals surface area contributed by atoms with Crippen molar-refractivity contribution in [2.24, 2.45) is 0 Å². The molecule has 2 aliphatic heterocycles. The maximum Gasteiger partial charge on any atom is 0.264 e. The first-order chi connectivity index (χ1) is 20.3. The molecular formula is C29H34F4N6O3S. The van der Waals surface area contributed by atoms with E-state index in [0.29, 0.717) is 37.4 Å². The number of nitrogens with one attached hydrogen (secondary N) is 2. The van der Waals surface area contributed by atoms with Gasteiger partial charge in [0.1, 0.15) is 11.5 Å². The number of ether oxygens (including phenoxy) is 1. The van der Waals surface area contributed by atoms with Gasteiger partial charge in [-0.3, -0.25) is 14.5 Å². The highest BCUT2D eigenvalue weighted by Gasteiger charge is 2.33. The molecule has 2 saturated heterocycles. The molecule has 0 spiro atoms. The number of nitrogens with zero attached hydrogens (tertiary/aromatic N) is 4. The largest absolute Gasteiger partial charge is 0.372 e. The number of rotatable bonds is 6. The van der Waals surface area contributed by atoms with Crippen molar-refractivity contribution < 1.29 is 27.1 Å². The number of carbonyl (C=O) groups is 1. The third-order valence-corrected chi connectivity index (χ3v) is 8.91. The number of H-pyrrole nitrogens is 1. The number of amides is 1. The van der Waals surface area contributed by atoms with Crippen LogP contribution < -0.4 is 20.7 Å². The molecule has 0 radical (unpaired) electrons. The van der Waals surface area contributed by atoms with Gasteiger partial charge < -0.3 is 24.8 Å². The standard InChI is InChI=1S/C29H34F4N6O3S/c1-14-9-38(10-15(2)37(14)5)22-7-20(30)24(21-13-43-29(35-21)39-11-16(3)42-17(4)12-39)25(31)26(22)36-28(41)19-8-34-23(40)6-18(19)27(32)33/h6-8,13-17,27H,9-12H2,1-5H3,(H,34,40)(H,36,41)/t14-,15+,16-,17+. The van der Waals surface area contributed by atoms with Gasteiger partial charge in [-0.05, 0) is 34.7 Å². The van der Waals surface area contributed by atoms with Crippen LogP contribution in [0.1, 0.15) is 50.0 Å². The molecule has 1 amide bonds. The van der Waals surface area contributed by atoms with Crippen molar-refractivity contribution in [2.75, 3.05) is 48.3 Å². The van der Waals surface area contributed by atoms with Crippen LogP contribution in [-0.4, -0.2) is 78.3 Å². The molecule has 4 atom stereocenters. The van der Waals surface area contributed by atoms with E-state index in [4.69, 9.17) is 4.74 Å². The number of aromatic amines is 1. The maximum atomic E-state index is 16.5. The van der Waals surface area contributed by atoms with Crippen LogP contribution in [-0.2, 0) is 4.74 Å². The first-order valence-corrected chi connectivity index (χ1v) is 14.9. The molecular weight excluding hydrogens is 588 g/mol. The summed E-state index contributed by atoms with van der Waals surface area (Å²) in [5.41, 5.74) is -2.83. The zero-order valence-electron chi connectivity index (χ0n) is 24.5. The van der Waals surface area contributed by atoms with Gasteiger partial charge in [-0.25, -0.2) is 22.5 Å². The molecule has 0 unspecified atom stereocenters. The van der Waals surface area contributed by atoms with E-state index in [2.05, 4.69) is 20.2 Å². The Morgan fingerprint density at radius 3 is 2.35 bits per heavy atom. The number of halogens is 4. The molecule has 0 aliphatic carbocycles. The molecule has 14 heteroatoms. The van der Waals surface area contributed by atoms with Gasteiger partial charge in [0, 0.05) is 67.5 Å². The number of morpholine rings is 1. The summed E-state index contributed by atoms with van der Waals surface area (Å²) in [5, 5.41) is 4.54. The maximum absolute atomic E-state index is 16.5. The van der Waals surface area contributed by atoms with Gasteiger partial charge in [-0.1, -0.05) is 0 Å². The number of hydrogen-bond donors (Lipinski definition) is 2. The Morgan fingerprint density at radius 1 is 1.07 bits per heavy atom. The van der Waals surface area contributed by atoms with Gasteiger partial charge >= 0.3 is 0 Å². The highest BCUT2D eigenvalue weighted by Crippen LogP contribution is 2.41. The van der Waals surface area contributed by atoms with Crippen LogP contribution in [0.5, 0.6) is 0 Å². The second-order valence-corrected chi connectivity index (χ2v) is 12.1. The average Bonchev–Trinajstić information content (AvgIpc) is 3.42. The molecule has 9 nitrogen and oxygen atoms in total. The summed E-state index contributed by atoms with van der Waals surface area (Å²) in [6.07, 6.45) is -2.37. The second-order valence-electron chi connectivity index (χ2n) is 11.3. The summed E-state index contributed by atoms with van der Waals surface area (Å²) < 4.78 is 65.6. The van der Waals surface area contributed by atoms with E-state index in [1.165, 1.54) is 11.3 Å². The topological polar surface area (TPSA) is 93.8 Å². The number of hydrogen-bond acceptors (Lipinski definition) is 8. The fourth-order valence-corrected chi connectivity index (χ4v) is 6.55. The molecule has 43 heavy (non-hydrogen) atoms. The van der Waals surface area contributed by atoms with Gasteiger partial charge in [-0.15, -0.1) is 11.3 Å². The second kappa shape index (κ2) is 12.2. The number of benzene rings is 1. The smallest absolute Gasteiger partial charge is 0.264 e. The quantitative estimate of drug-likeness (QED) is 0.369. The molecule has 1 aromatic carbocycles. The van der Waals surface area contributed by atoms with E-state index in [-0.39, 0.29) is 41.4 Å². The summed E-state index contributed by atoms with van der Waals surface area (Å²) >= 11 is 1.23. The number of anilines is 3. The van der Waals surface area contributed by atoms with Crippen molar-refractivity contribution in [1.29, 1.82) is 0 Å². The fraction of sp³-hybridized carbons (Fsp3) is 0.483.